The molecule has 0 unspecified atom stereocenters. The van der Waals surface area contributed by atoms with Crippen LogP contribution in [0.1, 0.15) is 24.5 Å². The minimum Gasteiger partial charge on any atom is -0.498 e. The predicted octanol–water partition coefficient (Wildman–Crippen LogP) is 4.13. The fourth-order valence-corrected chi connectivity index (χ4v) is 2.11. The standard InChI is InChI=1S/C19H22FNO2/c1-2-22-19(11-12-21)13-15-5-9-18(10-6-15)23-14-16-3-7-17(20)8-4-16/h3-10,13H,2,11-12,14,21H2,1H3. The van der Waals surface area contributed by atoms with E-state index in [0.29, 0.717) is 19.8 Å². The van der Waals surface area contributed by atoms with Gasteiger partial charge in [0.1, 0.15) is 18.2 Å². The number of benzene rings is 2. The van der Waals surface area contributed by atoms with E-state index in [1.54, 1.807) is 12.1 Å². The quantitative estimate of drug-likeness (QED) is 0.745. The van der Waals surface area contributed by atoms with E-state index >= 15 is 0 Å². The second-order valence-corrected chi connectivity index (χ2v) is 5.07. The molecule has 0 amide bonds. The molecule has 0 saturated carbocycles. The summed E-state index contributed by atoms with van der Waals surface area (Å²) in [5.74, 6) is 1.41. The molecule has 0 saturated heterocycles. The summed E-state index contributed by atoms with van der Waals surface area (Å²) in [6, 6.07) is 14.0. The molecule has 0 bridgehead atoms. The minimum atomic E-state index is -0.243. The van der Waals surface area contributed by atoms with Crippen LogP contribution in [0.4, 0.5) is 4.39 Å². The Morgan fingerprint density at radius 1 is 1.09 bits per heavy atom. The Labute approximate surface area is 136 Å². The lowest BCUT2D eigenvalue weighted by molar-refractivity contribution is 0.223. The van der Waals surface area contributed by atoms with Gasteiger partial charge in [0, 0.05) is 6.42 Å². The van der Waals surface area contributed by atoms with Gasteiger partial charge in [0.15, 0.2) is 0 Å². The first kappa shape index (κ1) is 17.0. The maximum absolute atomic E-state index is 12.8. The van der Waals surface area contributed by atoms with Crippen LogP contribution in [0.15, 0.2) is 54.3 Å². The SMILES string of the molecule is CCOC(=Cc1ccc(OCc2ccc(F)cc2)cc1)CCN. The van der Waals surface area contributed by atoms with Gasteiger partial charge in [-0.2, -0.15) is 0 Å². The summed E-state index contributed by atoms with van der Waals surface area (Å²) in [7, 11) is 0. The Morgan fingerprint density at radius 3 is 2.39 bits per heavy atom. The molecule has 2 N–H and O–H groups in total. The van der Waals surface area contributed by atoms with Crippen molar-refractivity contribution in [2.45, 2.75) is 20.0 Å². The van der Waals surface area contributed by atoms with Gasteiger partial charge < -0.3 is 15.2 Å². The van der Waals surface area contributed by atoms with Crippen LogP contribution < -0.4 is 10.5 Å². The molecule has 2 aromatic rings. The molecule has 122 valence electrons. The van der Waals surface area contributed by atoms with Gasteiger partial charge in [0.2, 0.25) is 0 Å². The van der Waals surface area contributed by atoms with Crippen LogP contribution in [0.25, 0.3) is 6.08 Å². The Balaban J connectivity index is 1.95. The highest BCUT2D eigenvalue weighted by Crippen LogP contribution is 2.17. The van der Waals surface area contributed by atoms with Crippen molar-refractivity contribution in [1.82, 2.24) is 0 Å². The van der Waals surface area contributed by atoms with E-state index in [9.17, 15) is 4.39 Å². The number of halogens is 1. The zero-order valence-corrected chi connectivity index (χ0v) is 13.3. The van der Waals surface area contributed by atoms with E-state index in [4.69, 9.17) is 15.2 Å². The number of hydrogen-bond acceptors (Lipinski definition) is 3. The molecular formula is C19H22FNO2. The van der Waals surface area contributed by atoms with Gasteiger partial charge in [-0.3, -0.25) is 0 Å². The highest BCUT2D eigenvalue weighted by Gasteiger charge is 2.00. The van der Waals surface area contributed by atoms with Crippen molar-refractivity contribution in [3.05, 3.63) is 71.2 Å². The van der Waals surface area contributed by atoms with Crippen molar-refractivity contribution < 1.29 is 13.9 Å². The smallest absolute Gasteiger partial charge is 0.123 e. The molecule has 23 heavy (non-hydrogen) atoms. The monoisotopic (exact) mass is 315 g/mol. The van der Waals surface area contributed by atoms with Crippen molar-refractivity contribution in [2.75, 3.05) is 13.2 Å². The molecule has 0 aliphatic carbocycles. The molecule has 4 heteroatoms. The van der Waals surface area contributed by atoms with E-state index in [-0.39, 0.29) is 5.82 Å². The first-order valence-corrected chi connectivity index (χ1v) is 7.72. The molecule has 3 nitrogen and oxygen atoms in total. The van der Waals surface area contributed by atoms with Crippen LogP contribution in [0, 0.1) is 5.82 Å². The van der Waals surface area contributed by atoms with Crippen LogP contribution >= 0.6 is 0 Å². The van der Waals surface area contributed by atoms with Gasteiger partial charge in [0.05, 0.1) is 12.4 Å². The molecule has 0 spiro atoms. The van der Waals surface area contributed by atoms with E-state index in [0.717, 1.165) is 29.1 Å². The van der Waals surface area contributed by atoms with Crippen molar-refractivity contribution in [2.24, 2.45) is 5.73 Å². The lowest BCUT2D eigenvalue weighted by atomic mass is 10.1. The van der Waals surface area contributed by atoms with E-state index in [1.165, 1.54) is 12.1 Å². The lowest BCUT2D eigenvalue weighted by Gasteiger charge is -2.09. The minimum absolute atomic E-state index is 0.243. The summed E-state index contributed by atoms with van der Waals surface area (Å²) >= 11 is 0. The topological polar surface area (TPSA) is 44.5 Å². The van der Waals surface area contributed by atoms with Gasteiger partial charge in [0.25, 0.3) is 0 Å². The van der Waals surface area contributed by atoms with Crippen LogP contribution in [-0.2, 0) is 11.3 Å². The zero-order chi connectivity index (χ0) is 16.5. The van der Waals surface area contributed by atoms with Gasteiger partial charge in [-0.05, 0) is 54.9 Å². The third kappa shape index (κ3) is 5.75. The normalized spacial score (nSPS) is 11.3. The van der Waals surface area contributed by atoms with Crippen molar-refractivity contribution in [1.29, 1.82) is 0 Å². The molecule has 0 atom stereocenters. The third-order valence-electron chi connectivity index (χ3n) is 3.25. The van der Waals surface area contributed by atoms with Crippen LogP contribution in [0.5, 0.6) is 5.75 Å². The second-order valence-electron chi connectivity index (χ2n) is 5.07. The van der Waals surface area contributed by atoms with Crippen LogP contribution in [0.2, 0.25) is 0 Å². The molecule has 0 fully saturated rings. The summed E-state index contributed by atoms with van der Waals surface area (Å²) in [6.07, 6.45) is 2.71. The molecule has 2 aromatic carbocycles. The maximum atomic E-state index is 12.8. The predicted molar refractivity (Wildman–Crippen MR) is 90.4 cm³/mol. The van der Waals surface area contributed by atoms with Crippen LogP contribution in [0.3, 0.4) is 0 Å². The number of hydrogen-bond donors (Lipinski definition) is 1. The summed E-state index contributed by atoms with van der Waals surface area (Å²) in [4.78, 5) is 0. The largest absolute Gasteiger partial charge is 0.498 e. The average molecular weight is 315 g/mol. The summed E-state index contributed by atoms with van der Waals surface area (Å²) in [5, 5.41) is 0. The number of ether oxygens (including phenoxy) is 2. The Morgan fingerprint density at radius 2 is 1.78 bits per heavy atom. The number of rotatable bonds is 8. The fourth-order valence-electron chi connectivity index (χ4n) is 2.11. The summed E-state index contributed by atoms with van der Waals surface area (Å²) < 4.78 is 24.1. The number of nitrogens with two attached hydrogens (primary N) is 1. The second kappa shape index (κ2) is 8.96. The highest BCUT2D eigenvalue weighted by molar-refractivity contribution is 5.52. The Kier molecular flexibility index (Phi) is 6.63. The van der Waals surface area contributed by atoms with Crippen LogP contribution in [-0.4, -0.2) is 13.2 Å². The lowest BCUT2D eigenvalue weighted by Crippen LogP contribution is -2.02. The summed E-state index contributed by atoms with van der Waals surface area (Å²) in [6.45, 7) is 3.55. The van der Waals surface area contributed by atoms with Gasteiger partial charge in [-0.15, -0.1) is 0 Å². The van der Waals surface area contributed by atoms with Gasteiger partial charge in [-0.25, -0.2) is 4.39 Å². The van der Waals surface area contributed by atoms with Crippen molar-refractivity contribution in [3.63, 3.8) is 0 Å². The highest BCUT2D eigenvalue weighted by atomic mass is 19.1. The molecule has 0 aliphatic heterocycles. The maximum Gasteiger partial charge on any atom is 0.123 e. The first-order valence-electron chi connectivity index (χ1n) is 7.72. The van der Waals surface area contributed by atoms with Gasteiger partial charge >= 0.3 is 0 Å². The molecule has 0 heterocycles. The Bertz CT molecular complexity index is 613. The Hall–Kier alpha value is -2.33. The van der Waals surface area contributed by atoms with E-state index in [1.807, 2.05) is 37.3 Å². The van der Waals surface area contributed by atoms with E-state index < -0.39 is 0 Å². The van der Waals surface area contributed by atoms with E-state index in [2.05, 4.69) is 0 Å². The molecular weight excluding hydrogens is 293 g/mol. The van der Waals surface area contributed by atoms with Gasteiger partial charge in [-0.1, -0.05) is 24.3 Å². The van der Waals surface area contributed by atoms with Crippen molar-refractivity contribution in [3.8, 4) is 5.75 Å². The first-order chi connectivity index (χ1) is 11.2. The zero-order valence-electron chi connectivity index (χ0n) is 13.3. The summed E-state index contributed by atoms with van der Waals surface area (Å²) in [5.41, 5.74) is 7.54. The third-order valence-corrected chi connectivity index (χ3v) is 3.25. The fraction of sp³-hybridized carbons (Fsp3) is 0.263. The molecule has 0 aliphatic rings. The molecule has 0 radical (unpaired) electrons. The van der Waals surface area contributed by atoms with Crippen molar-refractivity contribution >= 4 is 6.08 Å². The average Bonchev–Trinajstić information content (AvgIpc) is 2.56. The molecule has 2 rings (SSSR count). The molecule has 0 aromatic heterocycles.